The minimum atomic E-state index is -4.70. The third-order valence-electron chi connectivity index (χ3n) is 4.62. The summed E-state index contributed by atoms with van der Waals surface area (Å²) in [6.45, 7) is 0. The highest BCUT2D eigenvalue weighted by atomic mass is 79.9. The maximum atomic E-state index is 14.0. The van der Waals surface area contributed by atoms with Crippen LogP contribution in [-0.4, -0.2) is 9.97 Å². The van der Waals surface area contributed by atoms with Crippen molar-refractivity contribution in [3.63, 3.8) is 0 Å². The van der Waals surface area contributed by atoms with Gasteiger partial charge < -0.3 is 11.5 Å². The van der Waals surface area contributed by atoms with Crippen LogP contribution < -0.4 is 11.5 Å². The van der Waals surface area contributed by atoms with Gasteiger partial charge in [-0.1, -0.05) is 6.07 Å². The largest absolute Gasteiger partial charge is 0.451 e. The molecule has 0 saturated heterocycles. The highest BCUT2D eigenvalue weighted by Crippen LogP contribution is 2.39. The first kappa shape index (κ1) is 21.2. The quantitative estimate of drug-likeness (QED) is 0.612. The van der Waals surface area contributed by atoms with Gasteiger partial charge >= 0.3 is 6.18 Å². The van der Waals surface area contributed by atoms with Crippen molar-refractivity contribution in [3.8, 4) is 0 Å². The lowest BCUT2D eigenvalue weighted by Crippen LogP contribution is -2.21. The first-order chi connectivity index (χ1) is 13.6. The Morgan fingerprint density at radius 3 is 2.48 bits per heavy atom. The van der Waals surface area contributed by atoms with Gasteiger partial charge in [0.1, 0.15) is 11.6 Å². The third kappa shape index (κ3) is 4.42. The Morgan fingerprint density at radius 2 is 1.86 bits per heavy atom. The van der Waals surface area contributed by atoms with Gasteiger partial charge in [0.2, 0.25) is 5.82 Å². The molecule has 0 amide bonds. The molecule has 1 aromatic heterocycles. The van der Waals surface area contributed by atoms with E-state index >= 15 is 0 Å². The topological polar surface area (TPSA) is 77.8 Å². The standard InChI is InChI=1S/C19H16BrF5N4/c20-11-8-28-18(19(23,24)25)29-17(11)10-4-1-3-9(16(10)27)7-14(26)15-12(21)5-2-6-13(15)22/h2,5-8,10H,1,3-4,26-27H2/b14-7-. The molecule has 1 aliphatic carbocycles. The summed E-state index contributed by atoms with van der Waals surface area (Å²) in [7, 11) is 0. The summed E-state index contributed by atoms with van der Waals surface area (Å²) < 4.78 is 67.2. The van der Waals surface area contributed by atoms with Crippen molar-refractivity contribution in [2.24, 2.45) is 11.5 Å². The van der Waals surface area contributed by atoms with E-state index in [4.69, 9.17) is 11.5 Å². The molecule has 2 aromatic rings. The van der Waals surface area contributed by atoms with E-state index in [1.807, 2.05) is 0 Å². The number of rotatable bonds is 3. The van der Waals surface area contributed by atoms with Crippen molar-refractivity contribution in [1.82, 2.24) is 9.97 Å². The van der Waals surface area contributed by atoms with E-state index < -0.39 is 29.6 Å². The summed E-state index contributed by atoms with van der Waals surface area (Å²) >= 11 is 3.18. The number of benzene rings is 1. The van der Waals surface area contributed by atoms with Gasteiger partial charge in [-0.15, -0.1) is 0 Å². The summed E-state index contributed by atoms with van der Waals surface area (Å²) in [5.41, 5.74) is 12.4. The number of alkyl halides is 3. The average Bonchev–Trinajstić information content (AvgIpc) is 2.63. The van der Waals surface area contributed by atoms with Gasteiger partial charge in [0.25, 0.3) is 0 Å². The highest BCUT2D eigenvalue weighted by Gasteiger charge is 2.36. The van der Waals surface area contributed by atoms with Crippen molar-refractivity contribution in [3.05, 3.63) is 74.9 Å². The minimum absolute atomic E-state index is 0.103. The zero-order valence-corrected chi connectivity index (χ0v) is 16.5. The van der Waals surface area contributed by atoms with E-state index in [1.54, 1.807) is 0 Å². The highest BCUT2D eigenvalue weighted by molar-refractivity contribution is 9.10. The summed E-state index contributed by atoms with van der Waals surface area (Å²) in [6, 6.07) is 3.38. The lowest BCUT2D eigenvalue weighted by atomic mass is 9.84. The molecule has 1 aromatic carbocycles. The lowest BCUT2D eigenvalue weighted by molar-refractivity contribution is -0.145. The Morgan fingerprint density at radius 1 is 1.21 bits per heavy atom. The van der Waals surface area contributed by atoms with Crippen LogP contribution in [0.5, 0.6) is 0 Å². The van der Waals surface area contributed by atoms with Gasteiger partial charge in [-0.05, 0) is 59.0 Å². The summed E-state index contributed by atoms with van der Waals surface area (Å²) in [4.78, 5) is 6.95. The molecule has 0 fully saturated rings. The van der Waals surface area contributed by atoms with Gasteiger partial charge in [-0.25, -0.2) is 18.7 Å². The van der Waals surface area contributed by atoms with Crippen LogP contribution in [0.1, 0.15) is 42.3 Å². The molecule has 0 spiro atoms. The Hall–Kier alpha value is -2.49. The maximum Gasteiger partial charge on any atom is 0.451 e. The first-order valence-corrected chi connectivity index (χ1v) is 9.38. The fourth-order valence-corrected chi connectivity index (χ4v) is 3.72. The predicted octanol–water partition coefficient (Wildman–Crippen LogP) is 5.02. The molecule has 10 heteroatoms. The Balaban J connectivity index is 2.04. The van der Waals surface area contributed by atoms with Crippen molar-refractivity contribution in [1.29, 1.82) is 0 Å². The number of aromatic nitrogens is 2. The zero-order chi connectivity index (χ0) is 21.3. The molecular weight excluding hydrogens is 459 g/mol. The number of nitrogens with zero attached hydrogens (tertiary/aromatic N) is 2. The average molecular weight is 475 g/mol. The SMILES string of the molecule is NC1=C(/C=C(\N)c2c(F)cccc2F)CCCC1c1nc(C(F)(F)F)ncc1Br. The maximum absolute atomic E-state index is 14.0. The Labute approximate surface area is 171 Å². The van der Waals surface area contributed by atoms with E-state index in [1.165, 1.54) is 12.1 Å². The fourth-order valence-electron chi connectivity index (χ4n) is 3.25. The summed E-state index contributed by atoms with van der Waals surface area (Å²) in [6.07, 6.45) is -0.785. The zero-order valence-electron chi connectivity index (χ0n) is 14.9. The van der Waals surface area contributed by atoms with Crippen molar-refractivity contribution in [2.45, 2.75) is 31.4 Å². The van der Waals surface area contributed by atoms with Crippen molar-refractivity contribution < 1.29 is 22.0 Å². The molecule has 29 heavy (non-hydrogen) atoms. The molecule has 0 radical (unpaired) electrons. The normalized spacial score (nSPS) is 18.3. The van der Waals surface area contributed by atoms with Crippen LogP contribution in [0.4, 0.5) is 22.0 Å². The molecular formula is C19H16BrF5N4. The number of hydrogen-bond donors (Lipinski definition) is 2. The van der Waals surface area contributed by atoms with Gasteiger partial charge in [0.05, 0.1) is 15.7 Å². The van der Waals surface area contributed by atoms with E-state index in [2.05, 4.69) is 25.9 Å². The molecule has 0 aliphatic heterocycles. The summed E-state index contributed by atoms with van der Waals surface area (Å²) in [5, 5.41) is 0. The second-order valence-corrected chi connectivity index (χ2v) is 7.40. The molecule has 4 nitrogen and oxygen atoms in total. The van der Waals surface area contributed by atoms with E-state index in [0.29, 0.717) is 24.8 Å². The summed E-state index contributed by atoms with van der Waals surface area (Å²) in [5.74, 6) is -3.52. The van der Waals surface area contributed by atoms with Crippen LogP contribution >= 0.6 is 15.9 Å². The molecule has 0 saturated carbocycles. The monoisotopic (exact) mass is 474 g/mol. The fraction of sp³-hybridized carbons (Fsp3) is 0.263. The second-order valence-electron chi connectivity index (χ2n) is 6.55. The van der Waals surface area contributed by atoms with Crippen LogP contribution in [0, 0.1) is 11.6 Å². The van der Waals surface area contributed by atoms with E-state index in [9.17, 15) is 22.0 Å². The van der Waals surface area contributed by atoms with Crippen LogP contribution in [0.3, 0.4) is 0 Å². The molecule has 1 unspecified atom stereocenters. The van der Waals surface area contributed by atoms with E-state index in [0.717, 1.165) is 18.3 Å². The van der Waals surface area contributed by atoms with Gasteiger partial charge in [0, 0.05) is 23.5 Å². The molecule has 3 rings (SSSR count). The second kappa shape index (κ2) is 8.10. The molecule has 0 bridgehead atoms. The van der Waals surface area contributed by atoms with Gasteiger partial charge in [0.15, 0.2) is 0 Å². The number of nitrogens with two attached hydrogens (primary N) is 2. The number of halogens is 6. The van der Waals surface area contributed by atoms with Crippen LogP contribution in [-0.2, 0) is 6.18 Å². The van der Waals surface area contributed by atoms with Crippen LogP contribution in [0.25, 0.3) is 5.70 Å². The smallest absolute Gasteiger partial charge is 0.401 e. The van der Waals surface area contributed by atoms with Gasteiger partial charge in [-0.2, -0.15) is 13.2 Å². The molecule has 1 aliphatic rings. The van der Waals surface area contributed by atoms with Crippen molar-refractivity contribution >= 4 is 21.6 Å². The number of hydrogen-bond acceptors (Lipinski definition) is 4. The third-order valence-corrected chi connectivity index (χ3v) is 5.23. The number of allylic oxidation sites excluding steroid dienone is 3. The molecule has 1 atom stereocenters. The van der Waals surface area contributed by atoms with Crippen LogP contribution in [0.15, 0.2) is 46.2 Å². The van der Waals surface area contributed by atoms with Crippen LogP contribution in [0.2, 0.25) is 0 Å². The predicted molar refractivity (Wildman–Crippen MR) is 101 cm³/mol. The Kier molecular flexibility index (Phi) is 5.92. The first-order valence-electron chi connectivity index (χ1n) is 8.59. The van der Waals surface area contributed by atoms with Gasteiger partial charge in [-0.3, -0.25) is 0 Å². The minimum Gasteiger partial charge on any atom is -0.401 e. The lowest BCUT2D eigenvalue weighted by Gasteiger charge is -2.26. The molecule has 1 heterocycles. The molecule has 154 valence electrons. The Bertz CT molecular complexity index is 980. The van der Waals surface area contributed by atoms with E-state index in [-0.39, 0.29) is 27.1 Å². The molecule has 4 N–H and O–H groups in total. The van der Waals surface area contributed by atoms with Crippen molar-refractivity contribution in [2.75, 3.05) is 0 Å².